The minimum Gasteiger partial charge on any atom is -0.493 e. The molecular weight excluding hydrogens is 808 g/mol. The van der Waals surface area contributed by atoms with Crippen LogP contribution in [-0.2, 0) is 30.5 Å². The van der Waals surface area contributed by atoms with Gasteiger partial charge in [0.2, 0.25) is 17.7 Å². The van der Waals surface area contributed by atoms with Crippen molar-refractivity contribution < 1.29 is 38.1 Å². The molecule has 0 unspecified atom stereocenters. The number of alkyl carbamates (subject to hydrolysis) is 1. The van der Waals surface area contributed by atoms with Crippen LogP contribution < -0.4 is 30.7 Å². The summed E-state index contributed by atoms with van der Waals surface area (Å²) in [6.45, 7) is 13.0. The highest BCUT2D eigenvalue weighted by Crippen LogP contribution is 2.42. The summed E-state index contributed by atoms with van der Waals surface area (Å²) < 4.78 is 23.8. The molecule has 3 rings (SSSR count). The zero-order valence-electron chi connectivity index (χ0n) is 34.5. The number of nitrogens with one attached hydrogen (secondary N) is 4. The van der Waals surface area contributed by atoms with Crippen molar-refractivity contribution in [3.8, 4) is 34.1 Å². The van der Waals surface area contributed by atoms with Crippen molar-refractivity contribution in [2.24, 2.45) is 0 Å². The normalized spacial score (nSPS) is 12.2. The molecule has 0 saturated carbocycles. The van der Waals surface area contributed by atoms with Crippen molar-refractivity contribution in [2.45, 2.75) is 97.3 Å². The lowest BCUT2D eigenvalue weighted by Crippen LogP contribution is -2.50. The molecule has 4 N–H and O–H groups in total. The summed E-state index contributed by atoms with van der Waals surface area (Å²) in [4.78, 5) is 51.9. The van der Waals surface area contributed by atoms with E-state index in [0.29, 0.717) is 38.3 Å². The van der Waals surface area contributed by atoms with Crippen LogP contribution in [0, 0.1) is 11.5 Å². The number of amides is 4. The molecular formula is C43H57BrN4O8Si. The molecule has 0 bridgehead atoms. The van der Waals surface area contributed by atoms with E-state index in [0.717, 1.165) is 23.7 Å². The van der Waals surface area contributed by atoms with E-state index in [1.54, 1.807) is 26.8 Å². The summed E-state index contributed by atoms with van der Waals surface area (Å²) in [5.41, 5.74) is 6.18. The molecule has 4 amide bonds. The van der Waals surface area contributed by atoms with Gasteiger partial charge >= 0.3 is 6.09 Å². The third kappa shape index (κ3) is 14.6. The van der Waals surface area contributed by atoms with Crippen LogP contribution in [0.25, 0.3) is 11.1 Å². The average molecular weight is 866 g/mol. The minimum atomic E-state index is -1.82. The fourth-order valence-corrected chi connectivity index (χ4v) is 8.87. The van der Waals surface area contributed by atoms with Crippen LogP contribution in [0.1, 0.15) is 72.1 Å². The van der Waals surface area contributed by atoms with Gasteiger partial charge in [0, 0.05) is 23.4 Å². The third-order valence-electron chi connectivity index (χ3n) is 9.34. The van der Waals surface area contributed by atoms with Crippen molar-refractivity contribution in [1.82, 2.24) is 16.0 Å². The van der Waals surface area contributed by atoms with Gasteiger partial charge in [-0.15, -0.1) is 11.5 Å². The fraction of sp³-hybridized carbons (Fsp3) is 0.442. The van der Waals surface area contributed by atoms with Crippen molar-refractivity contribution in [3.63, 3.8) is 0 Å². The summed E-state index contributed by atoms with van der Waals surface area (Å²) in [6, 6.07) is 20.0. The first-order valence-electron chi connectivity index (χ1n) is 19.1. The molecule has 0 heterocycles. The molecule has 0 fully saturated rings. The molecule has 3 aromatic carbocycles. The van der Waals surface area contributed by atoms with Gasteiger partial charge in [-0.1, -0.05) is 57.2 Å². The van der Waals surface area contributed by atoms with Crippen LogP contribution in [0.5, 0.6) is 11.5 Å². The third-order valence-corrected chi connectivity index (χ3v) is 14.8. The highest BCUT2D eigenvalue weighted by Gasteiger charge is 2.28. The molecule has 0 radical (unpaired) electrons. The average Bonchev–Trinajstić information content (AvgIpc) is 3.17. The van der Waals surface area contributed by atoms with E-state index >= 15 is 0 Å². The minimum absolute atomic E-state index is 0.0610. The summed E-state index contributed by atoms with van der Waals surface area (Å²) in [5.74, 6) is 2.73. The maximum atomic E-state index is 13.7. The lowest BCUT2D eigenvalue weighted by molar-refractivity contribution is -0.127. The van der Waals surface area contributed by atoms with Gasteiger partial charge in [0.05, 0.1) is 45.7 Å². The summed E-state index contributed by atoms with van der Waals surface area (Å²) in [6.07, 6.45) is -0.695. The van der Waals surface area contributed by atoms with Crippen LogP contribution in [0.15, 0.2) is 65.1 Å². The molecule has 0 aliphatic carbocycles. The number of halogens is 1. The van der Waals surface area contributed by atoms with E-state index in [2.05, 4.69) is 69.4 Å². The van der Waals surface area contributed by atoms with Crippen LogP contribution in [0.2, 0.25) is 18.1 Å². The maximum Gasteiger partial charge on any atom is 0.408 e. The van der Waals surface area contributed by atoms with Gasteiger partial charge in [-0.25, -0.2) is 4.79 Å². The van der Waals surface area contributed by atoms with E-state index in [-0.39, 0.29) is 25.5 Å². The van der Waals surface area contributed by atoms with Crippen LogP contribution in [0.3, 0.4) is 0 Å². The van der Waals surface area contributed by atoms with Gasteiger partial charge < -0.3 is 40.2 Å². The number of anilines is 1. The van der Waals surface area contributed by atoms with Gasteiger partial charge in [-0.05, 0) is 95.8 Å². The van der Waals surface area contributed by atoms with Gasteiger partial charge in [0.25, 0.3) is 0 Å². The number of carbonyl (C=O) groups excluding carboxylic acids is 4. The molecule has 0 spiro atoms. The molecule has 308 valence electrons. The largest absolute Gasteiger partial charge is 0.493 e. The Morgan fingerprint density at radius 3 is 2.18 bits per heavy atom. The SMILES string of the molecule is CC[Si](C#CC[C@@H](NC(=O)OC(C)(C)C)C(=O)NCC(=O)N[C@@H](COCc1ccccc1)c1cc(OC)c(OC)c(-c2ccc(Br)c(NC(C)=O)c2)c1)(CC)CC. The number of ether oxygens (including phenoxy) is 4. The molecule has 12 nitrogen and oxygen atoms in total. The number of hydrogen-bond donors (Lipinski definition) is 4. The number of carbonyl (C=O) groups is 4. The molecule has 2 atom stereocenters. The Labute approximate surface area is 346 Å². The molecule has 0 aromatic heterocycles. The topological polar surface area (TPSA) is 153 Å². The number of methoxy groups -OCH3 is 2. The molecule has 0 aliphatic heterocycles. The lowest BCUT2D eigenvalue weighted by Gasteiger charge is -2.24. The number of hydrogen-bond acceptors (Lipinski definition) is 8. The Balaban J connectivity index is 1.94. The predicted octanol–water partition coefficient (Wildman–Crippen LogP) is 7.92. The first-order valence-corrected chi connectivity index (χ1v) is 22.5. The van der Waals surface area contributed by atoms with Gasteiger partial charge in [0.1, 0.15) is 19.7 Å². The highest BCUT2D eigenvalue weighted by atomic mass is 79.9. The molecule has 0 aliphatic rings. The summed E-state index contributed by atoms with van der Waals surface area (Å²) in [7, 11) is 1.24. The lowest BCUT2D eigenvalue weighted by atomic mass is 9.97. The first kappa shape index (κ1) is 46.5. The second-order valence-corrected chi connectivity index (χ2v) is 20.4. The number of benzene rings is 3. The van der Waals surface area contributed by atoms with Crippen LogP contribution in [-0.4, -0.2) is 70.9 Å². The number of rotatable bonds is 18. The zero-order valence-corrected chi connectivity index (χ0v) is 37.1. The van der Waals surface area contributed by atoms with Crippen LogP contribution in [0.4, 0.5) is 10.5 Å². The van der Waals surface area contributed by atoms with E-state index < -0.39 is 50.2 Å². The van der Waals surface area contributed by atoms with Gasteiger partial charge in [-0.2, -0.15) is 0 Å². The van der Waals surface area contributed by atoms with Crippen molar-refractivity contribution in [3.05, 3.63) is 76.3 Å². The van der Waals surface area contributed by atoms with E-state index in [9.17, 15) is 19.2 Å². The fourth-order valence-electron chi connectivity index (χ4n) is 6.02. The molecule has 0 saturated heterocycles. The highest BCUT2D eigenvalue weighted by molar-refractivity contribution is 9.10. The predicted molar refractivity (Wildman–Crippen MR) is 230 cm³/mol. The van der Waals surface area contributed by atoms with Crippen molar-refractivity contribution in [2.75, 3.05) is 32.7 Å². The van der Waals surface area contributed by atoms with E-state index in [1.807, 2.05) is 54.6 Å². The molecule has 14 heteroatoms. The van der Waals surface area contributed by atoms with Crippen LogP contribution >= 0.6 is 15.9 Å². The Morgan fingerprint density at radius 2 is 1.58 bits per heavy atom. The Morgan fingerprint density at radius 1 is 0.895 bits per heavy atom. The summed E-state index contributed by atoms with van der Waals surface area (Å²) in [5, 5.41) is 11.2. The van der Waals surface area contributed by atoms with E-state index in [4.69, 9.17) is 18.9 Å². The second kappa shape index (κ2) is 22.2. The van der Waals surface area contributed by atoms with Crippen molar-refractivity contribution in [1.29, 1.82) is 0 Å². The standard InChI is InChI=1S/C43H57BrN4O8Si/c1-10-57(11-2,12-3)22-16-19-35(48-42(52)56-43(5,6)7)41(51)45-26-39(50)47-37(28-55-27-30-17-14-13-15-18-30)32-23-33(40(54-9)38(25-32)53-8)31-20-21-34(44)36(24-31)46-29(4)49/h13-15,17-18,20-21,23-25,35,37H,10-12,19,26-28H2,1-9H3,(H,45,51)(H,46,49)(H,47,50)(H,48,52)/t35-,37+/m1/s1. The molecule has 57 heavy (non-hydrogen) atoms. The van der Waals surface area contributed by atoms with Gasteiger partial charge in [0.15, 0.2) is 11.5 Å². The smallest absolute Gasteiger partial charge is 0.408 e. The zero-order chi connectivity index (χ0) is 42.2. The summed E-state index contributed by atoms with van der Waals surface area (Å²) >= 11 is 3.50. The quantitative estimate of drug-likeness (QED) is 0.0744. The van der Waals surface area contributed by atoms with E-state index in [1.165, 1.54) is 21.1 Å². The van der Waals surface area contributed by atoms with Gasteiger partial charge in [-0.3, -0.25) is 14.4 Å². The Kier molecular flexibility index (Phi) is 18.1. The maximum absolute atomic E-state index is 13.7. The monoisotopic (exact) mass is 864 g/mol. The Bertz CT molecular complexity index is 1900. The molecule has 3 aromatic rings. The first-order chi connectivity index (χ1) is 27.1. The second-order valence-electron chi connectivity index (χ2n) is 14.6. The van der Waals surface area contributed by atoms with Crippen molar-refractivity contribution >= 4 is 53.5 Å². The Hall–Kier alpha value is -4.84.